The number of rotatable bonds is 6. The predicted octanol–water partition coefficient (Wildman–Crippen LogP) is 6.61. The van der Waals surface area contributed by atoms with E-state index in [-0.39, 0.29) is 0 Å². The molecule has 0 aliphatic rings. The molecular formula is C16H36. The molecule has 0 aromatic rings. The van der Waals surface area contributed by atoms with Crippen LogP contribution in [0.4, 0.5) is 0 Å². The standard InChI is InChI=1S/C9H18.C5H12.C2H6/c1-5-7-9(4)8(3)6-2;1-3-5-4-2;1-2/h8H,4-7H2,1-3H3;3-5H2,1-2H3;1-2H3. The maximum absolute atomic E-state index is 4.02. The maximum atomic E-state index is 4.02. The zero-order chi connectivity index (χ0) is 13.4. The van der Waals surface area contributed by atoms with Crippen LogP contribution in [-0.4, -0.2) is 0 Å². The van der Waals surface area contributed by atoms with Gasteiger partial charge in [-0.15, -0.1) is 0 Å². The highest BCUT2D eigenvalue weighted by molar-refractivity contribution is 4.97. The van der Waals surface area contributed by atoms with Gasteiger partial charge < -0.3 is 0 Å². The van der Waals surface area contributed by atoms with Gasteiger partial charge in [-0.3, -0.25) is 0 Å². The summed E-state index contributed by atoms with van der Waals surface area (Å²) in [6.07, 6.45) is 7.75. The van der Waals surface area contributed by atoms with Gasteiger partial charge in [-0.1, -0.05) is 86.3 Å². The van der Waals surface area contributed by atoms with Gasteiger partial charge in [0.25, 0.3) is 0 Å². The first-order valence-corrected chi connectivity index (χ1v) is 7.31. The third kappa shape index (κ3) is 19.3. The van der Waals surface area contributed by atoms with Gasteiger partial charge in [0.2, 0.25) is 0 Å². The Hall–Kier alpha value is -0.260. The minimum absolute atomic E-state index is 0.727. The first-order chi connectivity index (χ1) is 7.63. The summed E-state index contributed by atoms with van der Waals surface area (Å²) in [5, 5.41) is 0. The van der Waals surface area contributed by atoms with Crippen molar-refractivity contribution in [1.82, 2.24) is 0 Å². The third-order valence-corrected chi connectivity index (χ3v) is 2.59. The van der Waals surface area contributed by atoms with Crippen molar-refractivity contribution in [3.8, 4) is 0 Å². The van der Waals surface area contributed by atoms with Crippen molar-refractivity contribution in [3.05, 3.63) is 12.2 Å². The molecule has 0 rings (SSSR count). The molecule has 0 aliphatic heterocycles. The molecule has 1 unspecified atom stereocenters. The van der Waals surface area contributed by atoms with Crippen LogP contribution >= 0.6 is 0 Å². The minimum atomic E-state index is 0.727. The SMILES string of the molecule is C=C(CCC)C(C)CC.CC.CCCCC. The average Bonchev–Trinajstić information content (AvgIpc) is 2.33. The van der Waals surface area contributed by atoms with E-state index in [4.69, 9.17) is 0 Å². The van der Waals surface area contributed by atoms with E-state index in [9.17, 15) is 0 Å². The van der Waals surface area contributed by atoms with E-state index in [0.29, 0.717) is 0 Å². The molecule has 0 nitrogen and oxygen atoms in total. The fourth-order valence-electron chi connectivity index (χ4n) is 1.21. The molecule has 0 heteroatoms. The van der Waals surface area contributed by atoms with Gasteiger partial charge in [0.1, 0.15) is 0 Å². The van der Waals surface area contributed by atoms with Gasteiger partial charge in [-0.2, -0.15) is 0 Å². The number of unbranched alkanes of at least 4 members (excludes halogenated alkanes) is 2. The van der Waals surface area contributed by atoms with Crippen molar-refractivity contribution in [2.45, 2.75) is 87.0 Å². The molecule has 0 aromatic carbocycles. The lowest BCUT2D eigenvalue weighted by molar-refractivity contribution is 0.621. The Morgan fingerprint density at radius 1 is 0.938 bits per heavy atom. The van der Waals surface area contributed by atoms with Crippen molar-refractivity contribution in [2.24, 2.45) is 5.92 Å². The summed E-state index contributed by atoms with van der Waals surface area (Å²) in [5.41, 5.74) is 1.42. The van der Waals surface area contributed by atoms with Crippen molar-refractivity contribution < 1.29 is 0 Å². The van der Waals surface area contributed by atoms with Crippen molar-refractivity contribution in [2.75, 3.05) is 0 Å². The summed E-state index contributed by atoms with van der Waals surface area (Å²) in [7, 11) is 0. The molecule has 100 valence electrons. The number of allylic oxidation sites excluding steroid dienone is 1. The molecule has 0 saturated heterocycles. The molecule has 0 radical (unpaired) electrons. The van der Waals surface area contributed by atoms with E-state index in [0.717, 1.165) is 5.92 Å². The molecule has 0 spiro atoms. The van der Waals surface area contributed by atoms with E-state index in [1.54, 1.807) is 0 Å². The monoisotopic (exact) mass is 228 g/mol. The van der Waals surface area contributed by atoms with Crippen LogP contribution in [-0.2, 0) is 0 Å². The molecule has 1 atom stereocenters. The minimum Gasteiger partial charge on any atom is -0.0996 e. The second-order valence-electron chi connectivity index (χ2n) is 4.07. The fraction of sp³-hybridized carbons (Fsp3) is 0.875. The second-order valence-corrected chi connectivity index (χ2v) is 4.07. The molecule has 0 N–H and O–H groups in total. The largest absolute Gasteiger partial charge is 0.0996 e. The van der Waals surface area contributed by atoms with Gasteiger partial charge in [0.15, 0.2) is 0 Å². The van der Waals surface area contributed by atoms with Crippen LogP contribution in [0.25, 0.3) is 0 Å². The van der Waals surface area contributed by atoms with E-state index < -0.39 is 0 Å². The smallest absolute Gasteiger partial charge is 0.0237 e. The highest BCUT2D eigenvalue weighted by atomic mass is 14.1. The first-order valence-electron chi connectivity index (χ1n) is 7.31. The highest BCUT2D eigenvalue weighted by Crippen LogP contribution is 2.16. The lowest BCUT2D eigenvalue weighted by Gasteiger charge is -2.09. The molecule has 16 heavy (non-hydrogen) atoms. The fourth-order valence-corrected chi connectivity index (χ4v) is 1.21. The predicted molar refractivity (Wildman–Crippen MR) is 80.1 cm³/mol. The average molecular weight is 228 g/mol. The second kappa shape index (κ2) is 20.2. The Morgan fingerprint density at radius 2 is 1.38 bits per heavy atom. The van der Waals surface area contributed by atoms with Crippen molar-refractivity contribution in [1.29, 1.82) is 0 Å². The summed E-state index contributed by atoms with van der Waals surface area (Å²) >= 11 is 0. The summed E-state index contributed by atoms with van der Waals surface area (Å²) in [5.74, 6) is 0.727. The molecule has 0 aliphatic carbocycles. The molecule has 0 aromatic heterocycles. The van der Waals surface area contributed by atoms with Crippen LogP contribution in [0.15, 0.2) is 12.2 Å². The molecule has 0 heterocycles. The normalized spacial score (nSPS) is 10.4. The van der Waals surface area contributed by atoms with Crippen LogP contribution in [0.2, 0.25) is 0 Å². The quantitative estimate of drug-likeness (QED) is 0.449. The number of hydrogen-bond donors (Lipinski definition) is 0. The van der Waals surface area contributed by atoms with Gasteiger partial charge in [-0.05, 0) is 18.8 Å². The summed E-state index contributed by atoms with van der Waals surface area (Å²) in [4.78, 5) is 0. The Labute approximate surface area is 106 Å². The molecule has 0 fully saturated rings. The van der Waals surface area contributed by atoms with Gasteiger partial charge >= 0.3 is 0 Å². The third-order valence-electron chi connectivity index (χ3n) is 2.59. The van der Waals surface area contributed by atoms with Gasteiger partial charge in [-0.25, -0.2) is 0 Å². The van der Waals surface area contributed by atoms with Crippen LogP contribution in [0.3, 0.4) is 0 Å². The first kappa shape index (κ1) is 21.1. The summed E-state index contributed by atoms with van der Waals surface area (Å²) < 4.78 is 0. The van der Waals surface area contributed by atoms with E-state index in [1.165, 1.54) is 44.1 Å². The molecule has 0 saturated carbocycles. The summed E-state index contributed by atoms with van der Waals surface area (Å²) in [6.45, 7) is 19.1. The molecule has 0 amide bonds. The lowest BCUT2D eigenvalue weighted by Crippen LogP contribution is -1.94. The van der Waals surface area contributed by atoms with Gasteiger partial charge in [0.05, 0.1) is 0 Å². The van der Waals surface area contributed by atoms with E-state index in [2.05, 4.69) is 41.2 Å². The van der Waals surface area contributed by atoms with Crippen LogP contribution < -0.4 is 0 Å². The topological polar surface area (TPSA) is 0 Å². The maximum Gasteiger partial charge on any atom is -0.0237 e. The molecule has 0 bridgehead atoms. The van der Waals surface area contributed by atoms with Crippen LogP contribution in [0, 0.1) is 5.92 Å². The Bertz CT molecular complexity index is 111. The number of hydrogen-bond acceptors (Lipinski definition) is 0. The van der Waals surface area contributed by atoms with Crippen LogP contribution in [0.1, 0.15) is 87.0 Å². The Morgan fingerprint density at radius 3 is 1.56 bits per heavy atom. The van der Waals surface area contributed by atoms with Gasteiger partial charge in [0, 0.05) is 0 Å². The van der Waals surface area contributed by atoms with E-state index in [1.807, 2.05) is 13.8 Å². The highest BCUT2D eigenvalue weighted by Gasteiger charge is 2.00. The molecular weight excluding hydrogens is 192 g/mol. The lowest BCUT2D eigenvalue weighted by atomic mass is 9.97. The Kier molecular flexibility index (Phi) is 26.6. The van der Waals surface area contributed by atoms with Crippen molar-refractivity contribution >= 4 is 0 Å². The summed E-state index contributed by atoms with van der Waals surface area (Å²) in [6, 6.07) is 0. The zero-order valence-electron chi connectivity index (χ0n) is 13.0. The van der Waals surface area contributed by atoms with Crippen LogP contribution in [0.5, 0.6) is 0 Å². The van der Waals surface area contributed by atoms with E-state index >= 15 is 0 Å². The zero-order valence-corrected chi connectivity index (χ0v) is 13.0. The Balaban J connectivity index is -0.000000205. The van der Waals surface area contributed by atoms with Crippen molar-refractivity contribution in [3.63, 3.8) is 0 Å².